The van der Waals surface area contributed by atoms with Gasteiger partial charge in [-0.25, -0.2) is 4.79 Å². The maximum absolute atomic E-state index is 12.0. The molecule has 0 radical (unpaired) electrons. The molecular formula is C15H17BrN2O4S. The molecule has 23 heavy (non-hydrogen) atoms. The first kappa shape index (κ1) is 17.8. The van der Waals surface area contributed by atoms with Gasteiger partial charge in [-0.1, -0.05) is 15.9 Å². The quantitative estimate of drug-likeness (QED) is 0.737. The predicted octanol–water partition coefficient (Wildman–Crippen LogP) is 1.94. The lowest BCUT2D eigenvalue weighted by molar-refractivity contribution is -0.146. The Hall–Kier alpha value is -1.54. The Bertz CT molecular complexity index is 594. The van der Waals surface area contributed by atoms with E-state index in [1.807, 2.05) is 12.1 Å². The number of carbonyl (C=O) groups excluding carboxylic acids is 3. The summed E-state index contributed by atoms with van der Waals surface area (Å²) in [6.45, 7) is 1.99. The predicted molar refractivity (Wildman–Crippen MR) is 92.2 cm³/mol. The minimum Gasteiger partial charge on any atom is -0.464 e. The van der Waals surface area contributed by atoms with Gasteiger partial charge in [-0.2, -0.15) is 0 Å². The van der Waals surface area contributed by atoms with Crippen molar-refractivity contribution in [3.8, 4) is 0 Å². The molecule has 0 aliphatic carbocycles. The van der Waals surface area contributed by atoms with Crippen molar-refractivity contribution in [1.82, 2.24) is 5.32 Å². The zero-order chi connectivity index (χ0) is 16.8. The van der Waals surface area contributed by atoms with E-state index in [1.54, 1.807) is 19.1 Å². The van der Waals surface area contributed by atoms with Gasteiger partial charge in [0.2, 0.25) is 11.8 Å². The Morgan fingerprint density at radius 3 is 2.70 bits per heavy atom. The normalized spacial score (nSPS) is 20.5. The van der Waals surface area contributed by atoms with Crippen molar-refractivity contribution in [3.05, 3.63) is 28.7 Å². The van der Waals surface area contributed by atoms with Crippen LogP contribution >= 0.6 is 27.7 Å². The minimum absolute atomic E-state index is 0.0576. The molecule has 6 nitrogen and oxygen atoms in total. The highest BCUT2D eigenvalue weighted by Gasteiger charge is 2.34. The molecule has 1 aromatic rings. The topological polar surface area (TPSA) is 84.5 Å². The number of hydrogen-bond acceptors (Lipinski definition) is 5. The van der Waals surface area contributed by atoms with Crippen LogP contribution in [0.4, 0.5) is 5.69 Å². The van der Waals surface area contributed by atoms with Gasteiger partial charge < -0.3 is 15.4 Å². The third-order valence-electron chi connectivity index (χ3n) is 3.14. The molecule has 1 fully saturated rings. The van der Waals surface area contributed by atoms with Crippen molar-refractivity contribution in [2.45, 2.75) is 24.6 Å². The standard InChI is InChI=1S/C15H17BrN2O4S/c1-2-22-15(21)11-8-23-12(14(20)18-11)7-13(19)17-10-5-3-9(16)4-6-10/h3-6,11-12H,2,7-8H2,1H3,(H,17,19)(H,18,20)/t11-,12+/m0/s1. The van der Waals surface area contributed by atoms with Crippen LogP contribution in [0, 0.1) is 0 Å². The van der Waals surface area contributed by atoms with E-state index < -0.39 is 17.3 Å². The number of halogens is 1. The van der Waals surface area contributed by atoms with Gasteiger partial charge in [0, 0.05) is 22.3 Å². The van der Waals surface area contributed by atoms with Crippen LogP contribution in [0.15, 0.2) is 28.7 Å². The fourth-order valence-corrected chi connectivity index (χ4v) is 3.43. The summed E-state index contributed by atoms with van der Waals surface area (Å²) in [6.07, 6.45) is 0.0576. The third-order valence-corrected chi connectivity index (χ3v) is 4.98. The van der Waals surface area contributed by atoms with Crippen LogP contribution in [0.1, 0.15) is 13.3 Å². The second kappa shape index (κ2) is 8.35. The van der Waals surface area contributed by atoms with Crippen molar-refractivity contribution in [2.24, 2.45) is 0 Å². The molecule has 0 saturated carbocycles. The van der Waals surface area contributed by atoms with Crippen LogP contribution in [-0.2, 0) is 19.1 Å². The van der Waals surface area contributed by atoms with Crippen LogP contribution in [0.3, 0.4) is 0 Å². The fraction of sp³-hybridized carbons (Fsp3) is 0.400. The highest BCUT2D eigenvalue weighted by atomic mass is 79.9. The molecule has 1 saturated heterocycles. The number of nitrogens with one attached hydrogen (secondary N) is 2. The van der Waals surface area contributed by atoms with E-state index in [0.717, 1.165) is 4.47 Å². The Kier molecular flexibility index (Phi) is 6.47. The molecule has 124 valence electrons. The monoisotopic (exact) mass is 400 g/mol. The molecule has 0 aromatic heterocycles. The van der Waals surface area contributed by atoms with E-state index in [4.69, 9.17) is 4.74 Å². The molecule has 0 unspecified atom stereocenters. The van der Waals surface area contributed by atoms with Gasteiger partial charge >= 0.3 is 5.97 Å². The van der Waals surface area contributed by atoms with Crippen molar-refractivity contribution >= 4 is 51.2 Å². The highest BCUT2D eigenvalue weighted by Crippen LogP contribution is 2.22. The molecule has 0 spiro atoms. The van der Waals surface area contributed by atoms with Crippen molar-refractivity contribution in [3.63, 3.8) is 0 Å². The van der Waals surface area contributed by atoms with E-state index >= 15 is 0 Å². The van der Waals surface area contributed by atoms with Crippen LogP contribution in [0.5, 0.6) is 0 Å². The first-order valence-electron chi connectivity index (χ1n) is 7.13. The molecule has 2 rings (SSSR count). The first-order valence-corrected chi connectivity index (χ1v) is 8.97. The van der Waals surface area contributed by atoms with Gasteiger partial charge in [-0.15, -0.1) is 11.8 Å². The average Bonchev–Trinajstić information content (AvgIpc) is 2.52. The number of ether oxygens (including phenoxy) is 1. The SMILES string of the molecule is CCOC(=O)[C@@H]1CS[C@H](CC(=O)Nc2ccc(Br)cc2)C(=O)N1. The number of amides is 2. The first-order chi connectivity index (χ1) is 11.0. The molecular weight excluding hydrogens is 384 g/mol. The number of thioether (sulfide) groups is 1. The Balaban J connectivity index is 1.84. The zero-order valence-corrected chi connectivity index (χ0v) is 14.9. The van der Waals surface area contributed by atoms with Crippen LogP contribution in [-0.4, -0.2) is 41.4 Å². The smallest absolute Gasteiger partial charge is 0.329 e. The van der Waals surface area contributed by atoms with Gasteiger partial charge in [-0.3, -0.25) is 9.59 Å². The average molecular weight is 401 g/mol. The molecule has 2 atom stereocenters. The van der Waals surface area contributed by atoms with E-state index in [9.17, 15) is 14.4 Å². The number of hydrogen-bond donors (Lipinski definition) is 2. The number of anilines is 1. The summed E-state index contributed by atoms with van der Waals surface area (Å²) in [5.74, 6) is -0.591. The van der Waals surface area contributed by atoms with Crippen LogP contribution in [0.2, 0.25) is 0 Å². The van der Waals surface area contributed by atoms with Gasteiger partial charge in [0.1, 0.15) is 6.04 Å². The molecule has 1 heterocycles. The molecule has 8 heteroatoms. The van der Waals surface area contributed by atoms with Gasteiger partial charge in [-0.05, 0) is 31.2 Å². The largest absolute Gasteiger partial charge is 0.464 e. The summed E-state index contributed by atoms with van der Waals surface area (Å²) < 4.78 is 5.80. The van der Waals surface area contributed by atoms with Crippen molar-refractivity contribution in [1.29, 1.82) is 0 Å². The lowest BCUT2D eigenvalue weighted by Crippen LogP contribution is -2.51. The molecule has 1 aliphatic rings. The van der Waals surface area contributed by atoms with Crippen LogP contribution < -0.4 is 10.6 Å². The summed E-state index contributed by atoms with van der Waals surface area (Å²) >= 11 is 4.61. The summed E-state index contributed by atoms with van der Waals surface area (Å²) in [7, 11) is 0. The third kappa shape index (κ3) is 5.24. The summed E-state index contributed by atoms with van der Waals surface area (Å²) in [5.41, 5.74) is 0.670. The van der Waals surface area contributed by atoms with Gasteiger partial charge in [0.05, 0.1) is 11.9 Å². The Morgan fingerprint density at radius 2 is 2.09 bits per heavy atom. The molecule has 1 aromatic carbocycles. The van der Waals surface area contributed by atoms with Gasteiger partial charge in [0.15, 0.2) is 0 Å². The van der Waals surface area contributed by atoms with E-state index in [1.165, 1.54) is 11.8 Å². The molecule has 2 amide bonds. The van der Waals surface area contributed by atoms with Crippen LogP contribution in [0.25, 0.3) is 0 Å². The van der Waals surface area contributed by atoms with E-state index in [2.05, 4.69) is 26.6 Å². The lowest BCUT2D eigenvalue weighted by atomic mass is 10.2. The van der Waals surface area contributed by atoms with Crippen molar-refractivity contribution in [2.75, 3.05) is 17.7 Å². The van der Waals surface area contributed by atoms with E-state index in [-0.39, 0.29) is 24.8 Å². The molecule has 2 N–H and O–H groups in total. The highest BCUT2D eigenvalue weighted by molar-refractivity contribution is 9.10. The minimum atomic E-state index is -0.641. The van der Waals surface area contributed by atoms with Crippen molar-refractivity contribution < 1.29 is 19.1 Å². The Labute approximate surface area is 146 Å². The Morgan fingerprint density at radius 1 is 1.39 bits per heavy atom. The number of benzene rings is 1. The molecule has 0 bridgehead atoms. The zero-order valence-electron chi connectivity index (χ0n) is 12.5. The number of esters is 1. The summed E-state index contributed by atoms with van der Waals surface area (Å²) in [5, 5.41) is 4.85. The second-order valence-corrected chi connectivity index (χ2v) is 7.05. The lowest BCUT2D eigenvalue weighted by Gasteiger charge is -2.27. The maximum Gasteiger partial charge on any atom is 0.329 e. The molecule has 1 aliphatic heterocycles. The second-order valence-electron chi connectivity index (χ2n) is 4.89. The number of carbonyl (C=O) groups is 3. The summed E-state index contributed by atoms with van der Waals surface area (Å²) in [4.78, 5) is 35.6. The van der Waals surface area contributed by atoms with E-state index in [0.29, 0.717) is 11.4 Å². The van der Waals surface area contributed by atoms with Gasteiger partial charge in [0.25, 0.3) is 0 Å². The fourth-order valence-electron chi connectivity index (χ4n) is 2.03. The summed E-state index contributed by atoms with van der Waals surface area (Å²) in [6, 6.07) is 6.54. The number of rotatable bonds is 5. The maximum atomic E-state index is 12.0.